The minimum Gasteiger partial charge on any atom is -0.506 e. The van der Waals surface area contributed by atoms with E-state index in [2.05, 4.69) is 0 Å². The average molecular weight is 238 g/mol. The molecule has 0 atom stereocenters. The highest BCUT2D eigenvalue weighted by Crippen LogP contribution is 2.27. The van der Waals surface area contributed by atoms with Gasteiger partial charge in [-0.3, -0.25) is 0 Å². The highest BCUT2D eigenvalue weighted by atomic mass is 32.1. The average Bonchev–Trinajstić information content (AvgIpc) is 2.19. The Morgan fingerprint density at radius 2 is 2.19 bits per heavy atom. The molecule has 0 aliphatic rings. The quantitative estimate of drug-likeness (QED) is 0.471. The zero-order valence-electron chi connectivity index (χ0n) is 8.28. The van der Waals surface area contributed by atoms with Crippen LogP contribution in [0.2, 0.25) is 0 Å². The molecule has 82 valence electrons. The summed E-state index contributed by atoms with van der Waals surface area (Å²) in [6.45, 7) is 1.49. The van der Waals surface area contributed by atoms with Crippen molar-refractivity contribution in [1.82, 2.24) is 0 Å². The van der Waals surface area contributed by atoms with Crippen molar-refractivity contribution < 1.29 is 13.9 Å². The number of fused-ring (bicyclic) bond motifs is 1. The molecule has 1 aromatic carbocycles. The van der Waals surface area contributed by atoms with Crippen molar-refractivity contribution in [2.45, 2.75) is 6.92 Å². The van der Waals surface area contributed by atoms with Crippen LogP contribution in [0.25, 0.3) is 11.0 Å². The Balaban J connectivity index is 2.96. The second-order valence-electron chi connectivity index (χ2n) is 3.31. The maximum absolute atomic E-state index is 13.0. The van der Waals surface area contributed by atoms with Crippen LogP contribution in [0.4, 0.5) is 4.39 Å². The van der Waals surface area contributed by atoms with E-state index in [-0.39, 0.29) is 27.1 Å². The summed E-state index contributed by atoms with van der Waals surface area (Å²) in [4.78, 5) is 11.7. The summed E-state index contributed by atoms with van der Waals surface area (Å²) in [5.41, 5.74) is -0.680. The third-order valence-electron chi connectivity index (χ3n) is 2.19. The number of hydrogen-bond acceptors (Lipinski definition) is 4. The first-order valence-electron chi connectivity index (χ1n) is 4.47. The van der Waals surface area contributed by atoms with Gasteiger partial charge in [-0.25, -0.2) is 9.18 Å². The van der Waals surface area contributed by atoms with Crippen LogP contribution in [-0.2, 0) is 0 Å². The van der Waals surface area contributed by atoms with Gasteiger partial charge in [0.25, 0.3) is 0 Å². The van der Waals surface area contributed by atoms with Crippen LogP contribution in [0.1, 0.15) is 12.5 Å². The minimum atomic E-state index is -0.718. The second kappa shape index (κ2) is 3.68. The predicted octanol–water partition coefficient (Wildman–Crippen LogP) is 2.38. The van der Waals surface area contributed by atoms with E-state index >= 15 is 0 Å². The fourth-order valence-corrected chi connectivity index (χ4v) is 1.65. The lowest BCUT2D eigenvalue weighted by molar-refractivity contribution is 0.465. The topological polar surface area (TPSA) is 50.4 Å². The van der Waals surface area contributed by atoms with Gasteiger partial charge >= 0.3 is 5.63 Å². The molecule has 3 nitrogen and oxygen atoms in total. The molecule has 0 aliphatic carbocycles. The van der Waals surface area contributed by atoms with Crippen molar-refractivity contribution in [2.24, 2.45) is 0 Å². The third kappa shape index (κ3) is 1.59. The summed E-state index contributed by atoms with van der Waals surface area (Å²) in [7, 11) is 0. The summed E-state index contributed by atoms with van der Waals surface area (Å²) in [5, 5.41) is 9.95. The molecule has 16 heavy (non-hydrogen) atoms. The van der Waals surface area contributed by atoms with Gasteiger partial charge < -0.3 is 9.52 Å². The lowest BCUT2D eigenvalue weighted by Gasteiger charge is -2.04. The molecule has 5 heteroatoms. The zero-order valence-corrected chi connectivity index (χ0v) is 9.10. The molecule has 1 heterocycles. The predicted molar refractivity (Wildman–Crippen MR) is 61.5 cm³/mol. The highest BCUT2D eigenvalue weighted by Gasteiger charge is 2.15. The minimum absolute atomic E-state index is 0.0897. The number of aromatic hydroxyl groups is 1. The maximum atomic E-state index is 13.0. The van der Waals surface area contributed by atoms with E-state index in [1.165, 1.54) is 13.0 Å². The summed E-state index contributed by atoms with van der Waals surface area (Å²) < 4.78 is 17.9. The Morgan fingerprint density at radius 1 is 1.50 bits per heavy atom. The van der Waals surface area contributed by atoms with Gasteiger partial charge in [-0.1, -0.05) is 12.2 Å². The lowest BCUT2D eigenvalue weighted by atomic mass is 10.1. The molecule has 2 rings (SSSR count). The summed E-state index contributed by atoms with van der Waals surface area (Å²) >= 11 is 4.82. The second-order valence-corrected chi connectivity index (χ2v) is 3.92. The van der Waals surface area contributed by atoms with E-state index < -0.39 is 11.4 Å². The summed E-state index contributed by atoms with van der Waals surface area (Å²) in [6, 6.07) is 3.53. The standard InChI is InChI=1S/C11H7FO3S/c1-5(16)9-10(13)7-4-6(12)2-3-8(7)15-11(9)14/h2-4,13H,1H3. The number of hydrogen-bond donors (Lipinski definition) is 1. The van der Waals surface area contributed by atoms with Gasteiger partial charge in [-0.05, 0) is 25.1 Å². The van der Waals surface area contributed by atoms with Gasteiger partial charge in [0.2, 0.25) is 0 Å². The molecule has 0 saturated heterocycles. The normalized spacial score (nSPS) is 10.6. The maximum Gasteiger partial charge on any atom is 0.348 e. The third-order valence-corrected chi connectivity index (χ3v) is 2.40. The number of rotatable bonds is 1. The lowest BCUT2D eigenvalue weighted by Crippen LogP contribution is -2.11. The van der Waals surface area contributed by atoms with Crippen molar-refractivity contribution >= 4 is 28.1 Å². The molecule has 2 aromatic rings. The Bertz CT molecular complexity index is 645. The first-order valence-corrected chi connectivity index (χ1v) is 4.88. The Kier molecular flexibility index (Phi) is 2.47. The van der Waals surface area contributed by atoms with Crippen LogP contribution < -0.4 is 5.63 Å². The van der Waals surface area contributed by atoms with Gasteiger partial charge in [0.15, 0.2) is 0 Å². The van der Waals surface area contributed by atoms with Crippen LogP contribution in [-0.4, -0.2) is 9.97 Å². The molecule has 0 bridgehead atoms. The Hall–Kier alpha value is -1.75. The highest BCUT2D eigenvalue weighted by molar-refractivity contribution is 7.80. The van der Waals surface area contributed by atoms with Crippen molar-refractivity contribution in [3.05, 3.63) is 40.0 Å². The number of benzene rings is 1. The molecule has 1 N–H and O–H groups in total. The van der Waals surface area contributed by atoms with Gasteiger partial charge in [0, 0.05) is 4.86 Å². The Morgan fingerprint density at radius 3 is 2.81 bits per heavy atom. The van der Waals surface area contributed by atoms with Crippen molar-refractivity contribution in [3.8, 4) is 5.75 Å². The Labute approximate surface area is 95.1 Å². The fraction of sp³-hybridized carbons (Fsp3) is 0.0909. The molecule has 0 spiro atoms. The molecule has 0 amide bonds. The monoisotopic (exact) mass is 238 g/mol. The van der Waals surface area contributed by atoms with Crippen molar-refractivity contribution in [2.75, 3.05) is 0 Å². The van der Waals surface area contributed by atoms with Gasteiger partial charge in [0.05, 0.1) is 5.39 Å². The van der Waals surface area contributed by atoms with Gasteiger partial charge in [-0.2, -0.15) is 0 Å². The van der Waals surface area contributed by atoms with E-state index in [9.17, 15) is 14.3 Å². The molecular formula is C11H7FO3S. The van der Waals surface area contributed by atoms with Crippen LogP contribution in [0.3, 0.4) is 0 Å². The fourth-order valence-electron chi connectivity index (χ4n) is 1.47. The molecule has 0 unspecified atom stereocenters. The van der Waals surface area contributed by atoms with Crippen LogP contribution in [0, 0.1) is 5.82 Å². The van der Waals surface area contributed by atoms with Crippen molar-refractivity contribution in [3.63, 3.8) is 0 Å². The molecule has 0 fully saturated rings. The van der Waals surface area contributed by atoms with E-state index in [0.717, 1.165) is 12.1 Å². The van der Waals surface area contributed by atoms with E-state index in [4.69, 9.17) is 16.6 Å². The first-order chi connectivity index (χ1) is 7.50. The van der Waals surface area contributed by atoms with E-state index in [1.807, 2.05) is 0 Å². The zero-order chi connectivity index (χ0) is 11.9. The smallest absolute Gasteiger partial charge is 0.348 e. The SMILES string of the molecule is CC(=S)c1c(O)c2cc(F)ccc2oc1=O. The van der Waals surface area contributed by atoms with Crippen LogP contribution in [0.5, 0.6) is 5.75 Å². The van der Waals surface area contributed by atoms with Gasteiger partial charge in [0.1, 0.15) is 22.7 Å². The van der Waals surface area contributed by atoms with E-state index in [0.29, 0.717) is 0 Å². The summed E-state index contributed by atoms with van der Waals surface area (Å²) in [5.74, 6) is -0.858. The number of halogens is 1. The largest absolute Gasteiger partial charge is 0.506 e. The van der Waals surface area contributed by atoms with Crippen LogP contribution in [0.15, 0.2) is 27.4 Å². The first kappa shape index (κ1) is 10.8. The molecule has 0 radical (unpaired) electrons. The summed E-state index contributed by atoms with van der Waals surface area (Å²) in [6.07, 6.45) is 0. The van der Waals surface area contributed by atoms with Gasteiger partial charge in [-0.15, -0.1) is 0 Å². The van der Waals surface area contributed by atoms with Crippen LogP contribution >= 0.6 is 12.2 Å². The molecule has 0 aliphatic heterocycles. The number of thiocarbonyl (C=S) groups is 1. The molecule has 1 aromatic heterocycles. The molecular weight excluding hydrogens is 231 g/mol. The molecule has 0 saturated carbocycles. The van der Waals surface area contributed by atoms with Crippen molar-refractivity contribution in [1.29, 1.82) is 0 Å². The van der Waals surface area contributed by atoms with E-state index in [1.54, 1.807) is 0 Å².